The second kappa shape index (κ2) is 9.52. The summed E-state index contributed by atoms with van der Waals surface area (Å²) in [5.74, 6) is 1.90. The lowest BCUT2D eigenvalue weighted by molar-refractivity contribution is -0.125. The molecule has 0 aromatic heterocycles. The molecule has 1 atom stereocenters. The highest BCUT2D eigenvalue weighted by atomic mass is 16.5. The monoisotopic (exact) mass is 408 g/mol. The lowest BCUT2D eigenvalue weighted by Gasteiger charge is -2.38. The number of carbonyl (C=O) groups is 1. The summed E-state index contributed by atoms with van der Waals surface area (Å²) in [4.78, 5) is 15.2. The number of nitrogens with zero attached hydrogens (tertiary/aromatic N) is 1. The topological polar surface area (TPSA) is 50.8 Å². The molecule has 1 aliphatic carbocycles. The van der Waals surface area contributed by atoms with Gasteiger partial charge in [-0.15, -0.1) is 0 Å². The Hall–Kier alpha value is -2.53. The molecular weight excluding hydrogens is 376 g/mol. The Labute approximate surface area is 179 Å². The van der Waals surface area contributed by atoms with Crippen molar-refractivity contribution in [2.75, 3.05) is 27.3 Å². The van der Waals surface area contributed by atoms with E-state index >= 15 is 0 Å². The van der Waals surface area contributed by atoms with E-state index in [2.05, 4.69) is 46.6 Å². The zero-order valence-electron chi connectivity index (χ0n) is 18.0. The summed E-state index contributed by atoms with van der Waals surface area (Å²) in [7, 11) is 3.35. The van der Waals surface area contributed by atoms with Crippen molar-refractivity contribution in [3.63, 3.8) is 0 Å². The van der Waals surface area contributed by atoms with Gasteiger partial charge in [-0.25, -0.2) is 0 Å². The van der Waals surface area contributed by atoms with Gasteiger partial charge in [0.1, 0.15) is 0 Å². The van der Waals surface area contributed by atoms with Gasteiger partial charge in [0.2, 0.25) is 5.91 Å². The molecule has 0 spiro atoms. The highest BCUT2D eigenvalue weighted by molar-refractivity contribution is 5.78. The summed E-state index contributed by atoms with van der Waals surface area (Å²) in [6.45, 7) is 2.42. The SMILES string of the molecule is COc1cc2c(cc1OC)C(CNC(=O)C1CCCC1)N(Cc1ccccc1)CC2. The van der Waals surface area contributed by atoms with Gasteiger partial charge < -0.3 is 14.8 Å². The van der Waals surface area contributed by atoms with Crippen molar-refractivity contribution in [2.45, 2.75) is 44.7 Å². The maximum absolute atomic E-state index is 12.7. The van der Waals surface area contributed by atoms with Gasteiger partial charge in [-0.2, -0.15) is 0 Å². The fraction of sp³-hybridized carbons (Fsp3) is 0.480. The third-order valence-corrected chi connectivity index (χ3v) is 6.54. The third-order valence-electron chi connectivity index (χ3n) is 6.54. The van der Waals surface area contributed by atoms with E-state index in [1.165, 1.54) is 29.5 Å². The number of carbonyl (C=O) groups excluding carboxylic acids is 1. The number of methoxy groups -OCH3 is 2. The van der Waals surface area contributed by atoms with Crippen molar-refractivity contribution in [1.29, 1.82) is 0 Å². The Balaban J connectivity index is 1.59. The van der Waals surface area contributed by atoms with Crippen LogP contribution in [-0.2, 0) is 17.8 Å². The molecule has 0 radical (unpaired) electrons. The van der Waals surface area contributed by atoms with Gasteiger partial charge in [0.05, 0.1) is 20.3 Å². The molecule has 2 aromatic carbocycles. The predicted molar refractivity (Wildman–Crippen MR) is 118 cm³/mol. The predicted octanol–water partition coefficient (Wildman–Crippen LogP) is 4.11. The average molecular weight is 409 g/mol. The molecule has 1 amide bonds. The quantitative estimate of drug-likeness (QED) is 0.749. The maximum Gasteiger partial charge on any atom is 0.223 e. The van der Waals surface area contributed by atoms with E-state index in [0.717, 1.165) is 43.9 Å². The summed E-state index contributed by atoms with van der Waals surface area (Å²) < 4.78 is 11.1. The van der Waals surface area contributed by atoms with Crippen LogP contribution in [0.25, 0.3) is 0 Å². The van der Waals surface area contributed by atoms with Gasteiger partial charge in [-0.1, -0.05) is 43.2 Å². The molecule has 2 aliphatic rings. The Morgan fingerprint density at radius 1 is 1.07 bits per heavy atom. The Kier molecular flexibility index (Phi) is 6.58. The molecular formula is C25H32N2O3. The van der Waals surface area contributed by atoms with E-state index in [4.69, 9.17) is 9.47 Å². The number of hydrogen-bond acceptors (Lipinski definition) is 4. The molecule has 30 heavy (non-hydrogen) atoms. The molecule has 5 nitrogen and oxygen atoms in total. The number of ether oxygens (including phenoxy) is 2. The zero-order valence-corrected chi connectivity index (χ0v) is 18.0. The summed E-state index contributed by atoms with van der Waals surface area (Å²) in [5.41, 5.74) is 3.78. The largest absolute Gasteiger partial charge is 0.493 e. The van der Waals surface area contributed by atoms with E-state index in [9.17, 15) is 4.79 Å². The lowest BCUT2D eigenvalue weighted by atomic mass is 9.91. The molecule has 0 saturated heterocycles. The highest BCUT2D eigenvalue weighted by Gasteiger charge is 2.31. The van der Waals surface area contributed by atoms with Crippen LogP contribution in [0, 0.1) is 5.92 Å². The van der Waals surface area contributed by atoms with E-state index in [-0.39, 0.29) is 17.9 Å². The van der Waals surface area contributed by atoms with Crippen molar-refractivity contribution in [3.05, 3.63) is 59.2 Å². The molecule has 1 aliphatic heterocycles. The van der Waals surface area contributed by atoms with Crippen LogP contribution in [0.5, 0.6) is 11.5 Å². The minimum absolute atomic E-state index is 0.110. The minimum Gasteiger partial charge on any atom is -0.493 e. The molecule has 2 aromatic rings. The van der Waals surface area contributed by atoms with Crippen LogP contribution in [0.1, 0.15) is 48.4 Å². The second-order valence-electron chi connectivity index (χ2n) is 8.35. The van der Waals surface area contributed by atoms with Crippen LogP contribution in [0.15, 0.2) is 42.5 Å². The first-order valence-corrected chi connectivity index (χ1v) is 11.0. The normalized spacial score (nSPS) is 19.3. The van der Waals surface area contributed by atoms with Gasteiger partial charge in [-0.05, 0) is 48.1 Å². The number of rotatable bonds is 7. The van der Waals surface area contributed by atoms with Crippen LogP contribution in [0.2, 0.25) is 0 Å². The summed E-state index contributed by atoms with van der Waals surface area (Å²) >= 11 is 0. The third kappa shape index (κ3) is 4.46. The maximum atomic E-state index is 12.7. The van der Waals surface area contributed by atoms with E-state index < -0.39 is 0 Å². The average Bonchev–Trinajstić information content (AvgIpc) is 3.33. The fourth-order valence-electron chi connectivity index (χ4n) is 4.86. The molecule has 160 valence electrons. The summed E-state index contributed by atoms with van der Waals surface area (Å²) in [6, 6.07) is 14.8. The highest BCUT2D eigenvalue weighted by Crippen LogP contribution is 2.38. The van der Waals surface area contributed by atoms with Crippen molar-refractivity contribution in [1.82, 2.24) is 10.2 Å². The number of nitrogens with one attached hydrogen (secondary N) is 1. The molecule has 5 heteroatoms. The minimum atomic E-state index is 0.110. The molecule has 1 N–H and O–H groups in total. The lowest BCUT2D eigenvalue weighted by Crippen LogP contribution is -2.42. The van der Waals surface area contributed by atoms with Crippen LogP contribution < -0.4 is 14.8 Å². The number of fused-ring (bicyclic) bond motifs is 1. The smallest absolute Gasteiger partial charge is 0.223 e. The van der Waals surface area contributed by atoms with Crippen LogP contribution in [-0.4, -0.2) is 38.1 Å². The molecule has 0 bridgehead atoms. The zero-order chi connectivity index (χ0) is 20.9. The van der Waals surface area contributed by atoms with Crippen LogP contribution in [0.3, 0.4) is 0 Å². The van der Waals surface area contributed by atoms with Crippen molar-refractivity contribution in [2.24, 2.45) is 5.92 Å². The van der Waals surface area contributed by atoms with Gasteiger partial charge in [0.25, 0.3) is 0 Å². The van der Waals surface area contributed by atoms with Crippen molar-refractivity contribution < 1.29 is 14.3 Å². The van der Waals surface area contributed by atoms with Crippen molar-refractivity contribution in [3.8, 4) is 11.5 Å². The van der Waals surface area contributed by atoms with Gasteiger partial charge in [0, 0.05) is 25.6 Å². The first-order chi connectivity index (χ1) is 14.7. The van der Waals surface area contributed by atoms with Gasteiger partial charge in [0.15, 0.2) is 11.5 Å². The van der Waals surface area contributed by atoms with E-state index in [1.807, 2.05) is 6.07 Å². The number of amides is 1. The van der Waals surface area contributed by atoms with Crippen molar-refractivity contribution >= 4 is 5.91 Å². The Morgan fingerprint density at radius 2 is 1.77 bits per heavy atom. The Morgan fingerprint density at radius 3 is 2.47 bits per heavy atom. The first-order valence-electron chi connectivity index (χ1n) is 11.0. The molecule has 4 rings (SSSR count). The standard InChI is InChI=1S/C25H32N2O3/c1-29-23-14-20-12-13-27(17-18-8-4-3-5-9-18)22(21(20)15-24(23)30-2)16-26-25(28)19-10-6-7-11-19/h3-5,8-9,14-15,19,22H,6-7,10-13,16-17H2,1-2H3,(H,26,28). The van der Waals surface area contributed by atoms with E-state index in [1.54, 1.807) is 14.2 Å². The first kappa shape index (κ1) is 20.7. The number of benzene rings is 2. The summed E-state index contributed by atoms with van der Waals surface area (Å²) in [5, 5.41) is 3.26. The molecule has 1 heterocycles. The summed E-state index contributed by atoms with van der Waals surface area (Å²) in [6.07, 6.45) is 5.33. The molecule has 1 saturated carbocycles. The van der Waals surface area contributed by atoms with Gasteiger partial charge >= 0.3 is 0 Å². The molecule has 1 fully saturated rings. The fourth-order valence-corrected chi connectivity index (χ4v) is 4.86. The van der Waals surface area contributed by atoms with E-state index in [0.29, 0.717) is 6.54 Å². The second-order valence-corrected chi connectivity index (χ2v) is 8.35. The number of hydrogen-bond donors (Lipinski definition) is 1. The van der Waals surface area contributed by atoms with Gasteiger partial charge in [-0.3, -0.25) is 9.69 Å². The Bertz CT molecular complexity index is 862. The van der Waals surface area contributed by atoms with Crippen LogP contribution in [0.4, 0.5) is 0 Å². The molecule has 1 unspecified atom stereocenters. The van der Waals surface area contributed by atoms with Crippen LogP contribution >= 0.6 is 0 Å².